The van der Waals surface area contributed by atoms with E-state index in [4.69, 9.17) is 9.47 Å². The number of nitrogens with one attached hydrogen (secondary N) is 2. The summed E-state index contributed by atoms with van der Waals surface area (Å²) < 4.78 is 11.4. The van der Waals surface area contributed by atoms with E-state index in [-0.39, 0.29) is 29.4 Å². The zero-order valence-electron chi connectivity index (χ0n) is 18.3. The Bertz CT molecular complexity index is 834. The first-order valence-electron chi connectivity index (χ1n) is 10.1. The second kappa shape index (κ2) is 11.9. The van der Waals surface area contributed by atoms with E-state index in [1.807, 2.05) is 13.2 Å². The molecule has 1 aliphatic rings. The average molecular weight is 545 g/mol. The third-order valence-corrected chi connectivity index (χ3v) is 6.47. The van der Waals surface area contributed by atoms with Crippen LogP contribution >= 0.6 is 35.3 Å². The topological polar surface area (TPSA) is 67.8 Å². The lowest BCUT2D eigenvalue weighted by atomic mass is 9.73. The van der Waals surface area contributed by atoms with Gasteiger partial charge in [-0.25, -0.2) is 4.98 Å². The molecule has 0 spiro atoms. The van der Waals surface area contributed by atoms with Crippen molar-refractivity contribution in [1.82, 2.24) is 15.6 Å². The third kappa shape index (κ3) is 6.31. The molecular weight excluding hydrogens is 511 g/mol. The standard InChI is InChI=1S/C22H32N4O2S.HI/c1-16-5-6-19(27-4)18(13-16)22(8-11-28-12-9-22)15-26-21(23-3)24-10-7-20-25-14-17(2)29-20;/h5-6,13-14H,7-12,15H2,1-4H3,(H2,23,24,26);1H. The van der Waals surface area contributed by atoms with Crippen LogP contribution < -0.4 is 15.4 Å². The van der Waals surface area contributed by atoms with Crippen molar-refractivity contribution in [2.75, 3.05) is 40.5 Å². The van der Waals surface area contributed by atoms with Crippen molar-refractivity contribution in [3.8, 4) is 5.75 Å². The van der Waals surface area contributed by atoms with E-state index in [9.17, 15) is 0 Å². The molecule has 3 rings (SSSR count). The summed E-state index contributed by atoms with van der Waals surface area (Å²) in [5.41, 5.74) is 2.46. The molecule has 1 aromatic heterocycles. The van der Waals surface area contributed by atoms with Gasteiger partial charge in [-0.2, -0.15) is 0 Å². The van der Waals surface area contributed by atoms with Crippen LogP contribution in [0.25, 0.3) is 0 Å². The van der Waals surface area contributed by atoms with Crippen LogP contribution in [-0.4, -0.2) is 51.4 Å². The van der Waals surface area contributed by atoms with Crippen LogP contribution in [0.15, 0.2) is 29.4 Å². The van der Waals surface area contributed by atoms with Crippen LogP contribution in [-0.2, 0) is 16.6 Å². The number of benzene rings is 1. The molecule has 0 radical (unpaired) electrons. The molecule has 1 fully saturated rings. The molecule has 0 saturated carbocycles. The fourth-order valence-electron chi connectivity index (χ4n) is 3.82. The van der Waals surface area contributed by atoms with Crippen molar-refractivity contribution in [2.24, 2.45) is 4.99 Å². The molecule has 8 heteroatoms. The van der Waals surface area contributed by atoms with Crippen molar-refractivity contribution in [3.05, 3.63) is 45.4 Å². The van der Waals surface area contributed by atoms with Crippen LogP contribution in [0.1, 0.15) is 33.9 Å². The Balaban J connectivity index is 0.00000320. The Morgan fingerprint density at radius 3 is 2.67 bits per heavy atom. The first kappa shape index (κ1) is 24.9. The van der Waals surface area contributed by atoms with E-state index >= 15 is 0 Å². The molecule has 2 N–H and O–H groups in total. The molecule has 1 aromatic carbocycles. The molecule has 0 bridgehead atoms. The minimum Gasteiger partial charge on any atom is -0.496 e. The average Bonchev–Trinajstić information content (AvgIpc) is 3.16. The predicted octanol–water partition coefficient (Wildman–Crippen LogP) is 3.84. The molecule has 166 valence electrons. The number of aliphatic imine (C=N–C) groups is 1. The summed E-state index contributed by atoms with van der Waals surface area (Å²) in [6.45, 7) is 7.32. The van der Waals surface area contributed by atoms with Gasteiger partial charge in [0.1, 0.15) is 5.75 Å². The lowest BCUT2D eigenvalue weighted by Gasteiger charge is -2.39. The SMILES string of the molecule is CN=C(NCCc1ncc(C)s1)NCC1(c2cc(C)ccc2OC)CCOCC1.I. The van der Waals surface area contributed by atoms with Crippen LogP contribution in [0, 0.1) is 13.8 Å². The lowest BCUT2D eigenvalue weighted by molar-refractivity contribution is 0.0505. The molecule has 2 heterocycles. The summed E-state index contributed by atoms with van der Waals surface area (Å²) in [5.74, 6) is 1.76. The molecule has 0 atom stereocenters. The summed E-state index contributed by atoms with van der Waals surface area (Å²) in [7, 11) is 3.56. The summed E-state index contributed by atoms with van der Waals surface area (Å²) in [6.07, 6.45) is 4.73. The van der Waals surface area contributed by atoms with Gasteiger partial charge in [0.05, 0.1) is 12.1 Å². The molecule has 0 amide bonds. The van der Waals surface area contributed by atoms with E-state index in [0.717, 1.165) is 62.3 Å². The number of nitrogens with zero attached hydrogens (tertiary/aromatic N) is 2. The Morgan fingerprint density at radius 1 is 1.27 bits per heavy atom. The van der Waals surface area contributed by atoms with Crippen molar-refractivity contribution in [1.29, 1.82) is 0 Å². The number of halogens is 1. The highest BCUT2D eigenvalue weighted by molar-refractivity contribution is 14.0. The molecule has 1 saturated heterocycles. The zero-order chi connectivity index (χ0) is 20.7. The van der Waals surface area contributed by atoms with E-state index in [1.165, 1.54) is 16.0 Å². The van der Waals surface area contributed by atoms with E-state index < -0.39 is 0 Å². The number of hydrogen-bond donors (Lipinski definition) is 2. The van der Waals surface area contributed by atoms with E-state index in [2.05, 4.69) is 52.7 Å². The maximum atomic E-state index is 5.71. The summed E-state index contributed by atoms with van der Waals surface area (Å²) >= 11 is 1.75. The minimum atomic E-state index is -0.0420. The maximum absolute atomic E-state index is 5.71. The monoisotopic (exact) mass is 544 g/mol. The number of thiazole rings is 1. The van der Waals surface area contributed by atoms with E-state index in [1.54, 1.807) is 18.4 Å². The van der Waals surface area contributed by atoms with Crippen molar-refractivity contribution >= 4 is 41.3 Å². The molecule has 0 unspecified atom stereocenters. The van der Waals surface area contributed by atoms with E-state index in [0.29, 0.717) is 0 Å². The second-order valence-corrected chi connectivity index (χ2v) is 8.88. The van der Waals surface area contributed by atoms with Crippen LogP contribution in [0.4, 0.5) is 0 Å². The van der Waals surface area contributed by atoms with Gasteiger partial charge in [0, 0.05) is 61.8 Å². The molecule has 6 nitrogen and oxygen atoms in total. The number of aromatic nitrogens is 1. The fraction of sp³-hybridized carbons (Fsp3) is 0.545. The van der Waals surface area contributed by atoms with Crippen molar-refractivity contribution in [3.63, 3.8) is 0 Å². The Hall–Kier alpha value is -1.39. The van der Waals surface area contributed by atoms with Gasteiger partial charge in [0.15, 0.2) is 5.96 Å². The number of aryl methyl sites for hydroxylation is 2. The number of hydrogen-bond acceptors (Lipinski definition) is 5. The largest absolute Gasteiger partial charge is 0.496 e. The van der Waals surface area contributed by atoms with Gasteiger partial charge in [-0.15, -0.1) is 35.3 Å². The first-order chi connectivity index (χ1) is 14.1. The van der Waals surface area contributed by atoms with Gasteiger partial charge in [-0.1, -0.05) is 17.7 Å². The minimum absolute atomic E-state index is 0. The third-order valence-electron chi connectivity index (χ3n) is 5.49. The highest BCUT2D eigenvalue weighted by atomic mass is 127. The van der Waals surface area contributed by atoms with Crippen molar-refractivity contribution < 1.29 is 9.47 Å². The lowest BCUT2D eigenvalue weighted by Crippen LogP contribution is -2.48. The smallest absolute Gasteiger partial charge is 0.191 e. The molecule has 0 aliphatic carbocycles. The second-order valence-electron chi connectivity index (χ2n) is 7.56. The Labute approximate surface area is 200 Å². The molecule has 2 aromatic rings. The number of guanidine groups is 1. The number of ether oxygens (including phenoxy) is 2. The van der Waals surface area contributed by atoms with Crippen LogP contribution in [0.5, 0.6) is 5.75 Å². The van der Waals surface area contributed by atoms with Crippen molar-refractivity contribution in [2.45, 2.75) is 38.5 Å². The Kier molecular flexibility index (Phi) is 9.83. The number of methoxy groups -OCH3 is 1. The fourth-order valence-corrected chi connectivity index (χ4v) is 4.60. The highest BCUT2D eigenvalue weighted by Crippen LogP contribution is 2.40. The van der Waals surface area contributed by atoms with Gasteiger partial charge < -0.3 is 20.1 Å². The van der Waals surface area contributed by atoms with Gasteiger partial charge in [0.25, 0.3) is 0 Å². The quantitative estimate of drug-likeness (QED) is 0.315. The molecular formula is C22H33IN4O2S. The summed E-state index contributed by atoms with van der Waals surface area (Å²) in [6, 6.07) is 6.43. The van der Waals surface area contributed by atoms with Gasteiger partial charge in [-0.3, -0.25) is 4.99 Å². The molecule has 1 aliphatic heterocycles. The zero-order valence-corrected chi connectivity index (χ0v) is 21.4. The Morgan fingerprint density at radius 2 is 2.03 bits per heavy atom. The normalized spacial score (nSPS) is 15.9. The molecule has 30 heavy (non-hydrogen) atoms. The first-order valence-corrected chi connectivity index (χ1v) is 11.0. The number of rotatable bonds is 7. The highest BCUT2D eigenvalue weighted by Gasteiger charge is 2.37. The maximum Gasteiger partial charge on any atom is 0.191 e. The van der Waals surface area contributed by atoms with Gasteiger partial charge >= 0.3 is 0 Å². The van der Waals surface area contributed by atoms with Crippen LogP contribution in [0.3, 0.4) is 0 Å². The van der Waals surface area contributed by atoms with Crippen LogP contribution in [0.2, 0.25) is 0 Å². The summed E-state index contributed by atoms with van der Waals surface area (Å²) in [5, 5.41) is 8.12. The van der Waals surface area contributed by atoms with Gasteiger partial charge in [0.2, 0.25) is 0 Å². The van der Waals surface area contributed by atoms with Gasteiger partial charge in [-0.05, 0) is 32.8 Å². The predicted molar refractivity (Wildman–Crippen MR) is 135 cm³/mol. The summed E-state index contributed by atoms with van der Waals surface area (Å²) in [4.78, 5) is 10.1.